The highest BCUT2D eigenvalue weighted by molar-refractivity contribution is 7.14. The summed E-state index contributed by atoms with van der Waals surface area (Å²) in [7, 11) is 0. The Bertz CT molecular complexity index is 1230. The van der Waals surface area contributed by atoms with E-state index in [0.717, 1.165) is 46.4 Å². The molecule has 2 amide bonds. The number of hydrogen-bond donors (Lipinski definition) is 3. The molecule has 3 N–H and O–H groups in total. The van der Waals surface area contributed by atoms with Crippen molar-refractivity contribution in [2.24, 2.45) is 5.92 Å². The molecule has 5 rings (SSSR count). The van der Waals surface area contributed by atoms with E-state index < -0.39 is 18.0 Å². The van der Waals surface area contributed by atoms with Crippen molar-refractivity contribution in [3.8, 4) is 11.1 Å². The summed E-state index contributed by atoms with van der Waals surface area (Å²) in [5, 5.41) is 16.5. The number of anilines is 1. The summed E-state index contributed by atoms with van der Waals surface area (Å²) in [4.78, 5) is 40.5. The number of carbonyl (C=O) groups is 3. The fraction of sp³-hybridized carbons (Fsp3) is 0.308. The van der Waals surface area contributed by atoms with Crippen LogP contribution in [0.5, 0.6) is 0 Å². The van der Waals surface area contributed by atoms with Crippen molar-refractivity contribution in [2.45, 2.75) is 37.6 Å². The van der Waals surface area contributed by atoms with E-state index >= 15 is 0 Å². The third-order valence-corrected chi connectivity index (χ3v) is 7.41. The number of benzene rings is 2. The first-order valence-electron chi connectivity index (χ1n) is 11.6. The van der Waals surface area contributed by atoms with Gasteiger partial charge in [0.05, 0.1) is 5.92 Å². The van der Waals surface area contributed by atoms with Crippen molar-refractivity contribution in [3.63, 3.8) is 0 Å². The van der Waals surface area contributed by atoms with E-state index in [1.807, 2.05) is 24.3 Å². The van der Waals surface area contributed by atoms with Gasteiger partial charge in [-0.15, -0.1) is 11.3 Å². The molecular weight excluding hydrogens is 466 g/mol. The molecule has 1 fully saturated rings. The van der Waals surface area contributed by atoms with E-state index in [9.17, 15) is 19.5 Å². The fourth-order valence-corrected chi connectivity index (χ4v) is 5.64. The molecule has 0 saturated heterocycles. The number of aliphatic carboxylic acids is 1. The molecule has 0 bridgehead atoms. The number of carboxylic acid groups (broad SMARTS) is 1. The van der Waals surface area contributed by atoms with Crippen molar-refractivity contribution < 1.29 is 24.2 Å². The molecule has 180 valence electrons. The first kappa shape index (κ1) is 23.0. The summed E-state index contributed by atoms with van der Waals surface area (Å²) >= 11 is 1.13. The van der Waals surface area contributed by atoms with Gasteiger partial charge in [0.15, 0.2) is 5.13 Å². The van der Waals surface area contributed by atoms with E-state index in [2.05, 4.69) is 39.9 Å². The van der Waals surface area contributed by atoms with Crippen LogP contribution < -0.4 is 10.6 Å². The quantitative estimate of drug-likeness (QED) is 0.453. The van der Waals surface area contributed by atoms with Gasteiger partial charge in [-0.2, -0.15) is 0 Å². The minimum Gasteiger partial charge on any atom is -0.481 e. The number of ether oxygens (including phenoxy) is 1. The Hall–Kier alpha value is -3.72. The smallest absolute Gasteiger partial charge is 0.413 e. The van der Waals surface area contributed by atoms with Crippen LogP contribution in [0.1, 0.15) is 53.2 Å². The molecule has 0 aliphatic heterocycles. The molecule has 1 aromatic heterocycles. The van der Waals surface area contributed by atoms with Gasteiger partial charge < -0.3 is 15.2 Å². The second-order valence-electron chi connectivity index (χ2n) is 8.86. The van der Waals surface area contributed by atoms with Crippen molar-refractivity contribution in [1.29, 1.82) is 0 Å². The lowest BCUT2D eigenvalue weighted by Gasteiger charge is -2.27. The first-order valence-corrected chi connectivity index (χ1v) is 12.5. The monoisotopic (exact) mass is 491 g/mol. The minimum absolute atomic E-state index is 0.0455. The van der Waals surface area contributed by atoms with E-state index in [-0.39, 0.29) is 35.3 Å². The topological polar surface area (TPSA) is 118 Å². The first-order chi connectivity index (χ1) is 17.0. The number of amides is 2. The molecule has 3 aromatic rings. The van der Waals surface area contributed by atoms with Crippen molar-refractivity contribution in [1.82, 2.24) is 10.3 Å². The van der Waals surface area contributed by atoms with Crippen molar-refractivity contribution >= 4 is 34.4 Å². The highest BCUT2D eigenvalue weighted by atomic mass is 32.1. The summed E-state index contributed by atoms with van der Waals surface area (Å²) in [5.74, 6) is -1.68. The highest BCUT2D eigenvalue weighted by Gasteiger charge is 2.30. The molecule has 2 unspecified atom stereocenters. The van der Waals surface area contributed by atoms with Gasteiger partial charge in [-0.3, -0.25) is 14.9 Å². The molecular formula is C26H25N3O5S. The normalized spacial score (nSPS) is 18.9. The van der Waals surface area contributed by atoms with Gasteiger partial charge in [-0.05, 0) is 41.5 Å². The van der Waals surface area contributed by atoms with Crippen LogP contribution in [0.25, 0.3) is 11.1 Å². The lowest BCUT2D eigenvalue weighted by Crippen LogP contribution is -2.40. The molecule has 2 atom stereocenters. The summed E-state index contributed by atoms with van der Waals surface area (Å²) in [5.41, 5.74) is 4.74. The van der Waals surface area contributed by atoms with Crippen LogP contribution in [0.4, 0.5) is 9.93 Å². The Kier molecular flexibility index (Phi) is 6.50. The Labute approximate surface area is 206 Å². The number of rotatable bonds is 6. The third kappa shape index (κ3) is 4.90. The van der Waals surface area contributed by atoms with Gasteiger partial charge in [0.2, 0.25) is 0 Å². The predicted molar refractivity (Wildman–Crippen MR) is 132 cm³/mol. The minimum atomic E-state index is -0.827. The van der Waals surface area contributed by atoms with E-state index in [1.165, 1.54) is 0 Å². The molecule has 35 heavy (non-hydrogen) atoms. The molecule has 0 spiro atoms. The van der Waals surface area contributed by atoms with Crippen LogP contribution in [0.3, 0.4) is 0 Å². The van der Waals surface area contributed by atoms with Crippen LogP contribution in [0.2, 0.25) is 0 Å². The fourth-order valence-electron chi connectivity index (χ4n) is 4.96. The molecule has 1 heterocycles. The third-order valence-electron chi connectivity index (χ3n) is 6.65. The van der Waals surface area contributed by atoms with Crippen LogP contribution in [0.15, 0.2) is 53.9 Å². The molecule has 2 aliphatic carbocycles. The SMILES string of the molecule is O=C(Nc1nc(C(=O)NC2CCCC(C(=O)O)C2)cs1)OCC1c2ccccc2-c2ccccc21. The van der Waals surface area contributed by atoms with Gasteiger partial charge >= 0.3 is 12.1 Å². The van der Waals surface area contributed by atoms with E-state index in [1.54, 1.807) is 5.38 Å². The summed E-state index contributed by atoms with van der Waals surface area (Å²) < 4.78 is 5.53. The van der Waals surface area contributed by atoms with Gasteiger partial charge in [-0.1, -0.05) is 55.0 Å². The summed E-state index contributed by atoms with van der Waals surface area (Å²) in [6, 6.07) is 16.0. The second kappa shape index (κ2) is 9.87. The highest BCUT2D eigenvalue weighted by Crippen LogP contribution is 2.44. The van der Waals surface area contributed by atoms with Crippen LogP contribution in [0, 0.1) is 5.92 Å². The van der Waals surface area contributed by atoms with E-state index in [4.69, 9.17) is 4.74 Å². The van der Waals surface area contributed by atoms with Crippen LogP contribution in [-0.2, 0) is 9.53 Å². The average Bonchev–Trinajstić information content (AvgIpc) is 3.46. The van der Waals surface area contributed by atoms with Crippen LogP contribution >= 0.6 is 11.3 Å². The number of carboxylic acids is 1. The Morgan fingerprint density at radius 2 is 1.71 bits per heavy atom. The average molecular weight is 492 g/mol. The number of carbonyl (C=O) groups excluding carboxylic acids is 2. The zero-order valence-corrected chi connectivity index (χ0v) is 19.7. The number of hydrogen-bond acceptors (Lipinski definition) is 6. The number of aromatic nitrogens is 1. The molecule has 8 nitrogen and oxygen atoms in total. The Balaban J connectivity index is 1.17. The maximum Gasteiger partial charge on any atom is 0.413 e. The van der Waals surface area contributed by atoms with Crippen molar-refractivity contribution in [3.05, 3.63) is 70.7 Å². The molecule has 2 aliphatic rings. The Morgan fingerprint density at radius 3 is 2.40 bits per heavy atom. The maximum absolute atomic E-state index is 12.6. The molecule has 1 saturated carbocycles. The predicted octanol–water partition coefficient (Wildman–Crippen LogP) is 4.88. The number of fused-ring (bicyclic) bond motifs is 3. The number of nitrogens with one attached hydrogen (secondary N) is 2. The van der Waals surface area contributed by atoms with Crippen molar-refractivity contribution in [2.75, 3.05) is 11.9 Å². The number of thiazole rings is 1. The number of nitrogens with zero attached hydrogens (tertiary/aromatic N) is 1. The molecule has 0 radical (unpaired) electrons. The van der Waals surface area contributed by atoms with Gasteiger partial charge in [0, 0.05) is 17.3 Å². The zero-order chi connectivity index (χ0) is 24.4. The molecule has 9 heteroatoms. The largest absolute Gasteiger partial charge is 0.481 e. The maximum atomic E-state index is 12.6. The standard InChI is InChI=1S/C26H25N3O5S/c30-23(27-16-7-5-6-15(12-16)24(31)32)22-14-35-25(28-22)29-26(33)34-13-21-19-10-3-1-8-17(19)18-9-2-4-11-20(18)21/h1-4,8-11,14-16,21H,5-7,12-13H2,(H,27,30)(H,31,32)(H,28,29,33). The van der Waals surface area contributed by atoms with Gasteiger partial charge in [0.25, 0.3) is 5.91 Å². The lowest BCUT2D eigenvalue weighted by molar-refractivity contribution is -0.143. The summed E-state index contributed by atoms with van der Waals surface area (Å²) in [6.45, 7) is 0.186. The summed E-state index contributed by atoms with van der Waals surface area (Å²) in [6.07, 6.45) is 1.91. The lowest BCUT2D eigenvalue weighted by atomic mass is 9.86. The van der Waals surface area contributed by atoms with E-state index in [0.29, 0.717) is 12.8 Å². The van der Waals surface area contributed by atoms with Crippen LogP contribution in [-0.4, -0.2) is 40.7 Å². The zero-order valence-electron chi connectivity index (χ0n) is 18.9. The van der Waals surface area contributed by atoms with Gasteiger partial charge in [0.1, 0.15) is 12.3 Å². The molecule has 2 aromatic carbocycles. The van der Waals surface area contributed by atoms with Gasteiger partial charge in [-0.25, -0.2) is 9.78 Å². The Morgan fingerprint density at radius 1 is 1.03 bits per heavy atom. The second-order valence-corrected chi connectivity index (χ2v) is 9.72.